The first-order valence-electron chi connectivity index (χ1n) is 8.30. The molecule has 0 spiro atoms. The van der Waals surface area contributed by atoms with Crippen molar-refractivity contribution in [2.24, 2.45) is 0 Å². The molecular formula is C18H19ClN4O2S. The molecule has 0 amide bonds. The van der Waals surface area contributed by atoms with Gasteiger partial charge < -0.3 is 15.1 Å². The second kappa shape index (κ2) is 8.33. The van der Waals surface area contributed by atoms with Gasteiger partial charge in [-0.05, 0) is 29.9 Å². The van der Waals surface area contributed by atoms with E-state index in [9.17, 15) is 10.1 Å². The van der Waals surface area contributed by atoms with Crippen LogP contribution in [0.2, 0.25) is 5.02 Å². The molecule has 0 aromatic heterocycles. The lowest BCUT2D eigenvalue weighted by molar-refractivity contribution is -0.384. The second-order valence-electron chi connectivity index (χ2n) is 6.01. The highest BCUT2D eigenvalue weighted by Crippen LogP contribution is 2.31. The molecule has 26 heavy (non-hydrogen) atoms. The largest absolute Gasteiger partial charge is 0.362 e. The molecule has 8 heteroatoms. The highest BCUT2D eigenvalue weighted by molar-refractivity contribution is 7.80. The van der Waals surface area contributed by atoms with E-state index in [-0.39, 0.29) is 10.6 Å². The highest BCUT2D eigenvalue weighted by Gasteiger charge is 2.24. The van der Waals surface area contributed by atoms with Crippen molar-refractivity contribution in [1.29, 1.82) is 0 Å². The number of nitro groups is 1. The normalized spacial score (nSPS) is 14.2. The van der Waals surface area contributed by atoms with Gasteiger partial charge in [0.05, 0.1) is 4.92 Å². The predicted molar refractivity (Wildman–Crippen MR) is 108 cm³/mol. The van der Waals surface area contributed by atoms with Gasteiger partial charge in [-0.15, -0.1) is 0 Å². The van der Waals surface area contributed by atoms with E-state index in [4.69, 9.17) is 23.8 Å². The number of benzene rings is 2. The summed E-state index contributed by atoms with van der Waals surface area (Å²) in [4.78, 5) is 15.0. The van der Waals surface area contributed by atoms with Crippen molar-refractivity contribution in [2.45, 2.75) is 6.54 Å². The lowest BCUT2D eigenvalue weighted by Crippen LogP contribution is -2.51. The number of anilines is 1. The van der Waals surface area contributed by atoms with Crippen molar-refractivity contribution in [3.05, 3.63) is 69.2 Å². The molecule has 1 saturated heterocycles. The minimum Gasteiger partial charge on any atom is -0.362 e. The number of nitrogens with zero attached hydrogens (tertiary/aromatic N) is 3. The fraction of sp³-hybridized carbons (Fsp3) is 0.278. The SMILES string of the molecule is O=[N+]([O-])c1cc(Cl)ccc1N1CCN(C(=S)NCc2ccccc2)CC1. The first-order valence-corrected chi connectivity index (χ1v) is 9.09. The Morgan fingerprint density at radius 1 is 1.15 bits per heavy atom. The number of nitrogens with one attached hydrogen (secondary N) is 1. The molecule has 1 N–H and O–H groups in total. The van der Waals surface area contributed by atoms with Crippen LogP contribution < -0.4 is 10.2 Å². The van der Waals surface area contributed by atoms with Gasteiger partial charge in [0.2, 0.25) is 0 Å². The third-order valence-electron chi connectivity index (χ3n) is 4.33. The van der Waals surface area contributed by atoms with Gasteiger partial charge in [-0.2, -0.15) is 0 Å². The van der Waals surface area contributed by atoms with E-state index in [1.165, 1.54) is 11.6 Å². The quantitative estimate of drug-likeness (QED) is 0.490. The highest BCUT2D eigenvalue weighted by atomic mass is 35.5. The van der Waals surface area contributed by atoms with Gasteiger partial charge in [0, 0.05) is 43.8 Å². The van der Waals surface area contributed by atoms with Crippen LogP contribution in [0.15, 0.2) is 48.5 Å². The fourth-order valence-electron chi connectivity index (χ4n) is 2.95. The molecule has 1 aliphatic rings. The Morgan fingerprint density at radius 3 is 2.50 bits per heavy atom. The van der Waals surface area contributed by atoms with E-state index in [1.807, 2.05) is 35.2 Å². The Kier molecular flexibility index (Phi) is 5.90. The van der Waals surface area contributed by atoms with Crippen molar-refractivity contribution in [1.82, 2.24) is 10.2 Å². The van der Waals surface area contributed by atoms with Crippen molar-refractivity contribution in [2.75, 3.05) is 31.1 Å². The number of halogens is 1. The molecule has 0 unspecified atom stereocenters. The van der Waals surface area contributed by atoms with Gasteiger partial charge in [0.1, 0.15) is 5.69 Å². The minimum absolute atomic E-state index is 0.0377. The molecule has 0 aliphatic carbocycles. The Hall–Kier alpha value is -2.38. The van der Waals surface area contributed by atoms with Crippen LogP contribution in [-0.4, -0.2) is 41.1 Å². The molecule has 2 aromatic carbocycles. The zero-order chi connectivity index (χ0) is 18.5. The van der Waals surface area contributed by atoms with Crippen molar-refractivity contribution < 1.29 is 4.92 Å². The third kappa shape index (κ3) is 4.42. The summed E-state index contributed by atoms with van der Waals surface area (Å²) in [5.74, 6) is 0. The summed E-state index contributed by atoms with van der Waals surface area (Å²) < 4.78 is 0. The third-order valence-corrected chi connectivity index (χ3v) is 4.97. The van der Waals surface area contributed by atoms with Gasteiger partial charge in [-0.3, -0.25) is 10.1 Å². The summed E-state index contributed by atoms with van der Waals surface area (Å²) in [7, 11) is 0. The van der Waals surface area contributed by atoms with Gasteiger partial charge in [-0.1, -0.05) is 41.9 Å². The van der Waals surface area contributed by atoms with Crippen LogP contribution in [0.3, 0.4) is 0 Å². The smallest absolute Gasteiger partial charge is 0.294 e. The minimum atomic E-state index is -0.389. The molecule has 6 nitrogen and oxygen atoms in total. The molecule has 0 atom stereocenters. The van der Waals surface area contributed by atoms with Crippen LogP contribution >= 0.6 is 23.8 Å². The van der Waals surface area contributed by atoms with Gasteiger partial charge >= 0.3 is 0 Å². The lowest BCUT2D eigenvalue weighted by Gasteiger charge is -2.37. The predicted octanol–water partition coefficient (Wildman–Crippen LogP) is 3.44. The summed E-state index contributed by atoms with van der Waals surface area (Å²) in [5, 5.41) is 15.6. The number of rotatable bonds is 4. The summed E-state index contributed by atoms with van der Waals surface area (Å²) in [6.07, 6.45) is 0. The van der Waals surface area contributed by atoms with E-state index in [2.05, 4.69) is 10.2 Å². The van der Waals surface area contributed by atoms with Crippen molar-refractivity contribution in [3.63, 3.8) is 0 Å². The lowest BCUT2D eigenvalue weighted by atomic mass is 10.2. The van der Waals surface area contributed by atoms with Gasteiger partial charge in [-0.25, -0.2) is 0 Å². The number of nitro benzene ring substituents is 1. The number of piperazine rings is 1. The van der Waals surface area contributed by atoms with Crippen LogP contribution in [0.4, 0.5) is 11.4 Å². The summed E-state index contributed by atoms with van der Waals surface area (Å²) in [5.41, 5.74) is 1.81. The van der Waals surface area contributed by atoms with Crippen LogP contribution in [0.5, 0.6) is 0 Å². The van der Waals surface area contributed by atoms with Crippen LogP contribution in [0.1, 0.15) is 5.56 Å². The first kappa shape index (κ1) is 18.4. The molecule has 3 rings (SSSR count). The Bertz CT molecular complexity index is 795. The molecule has 0 saturated carbocycles. The Morgan fingerprint density at radius 2 is 1.85 bits per heavy atom. The van der Waals surface area contributed by atoms with Crippen molar-refractivity contribution >= 4 is 40.3 Å². The van der Waals surface area contributed by atoms with E-state index < -0.39 is 0 Å². The number of hydrogen-bond donors (Lipinski definition) is 1. The van der Waals surface area contributed by atoms with E-state index in [0.717, 1.165) is 0 Å². The van der Waals surface area contributed by atoms with E-state index >= 15 is 0 Å². The van der Waals surface area contributed by atoms with E-state index in [1.54, 1.807) is 12.1 Å². The fourth-order valence-corrected chi connectivity index (χ4v) is 3.37. The summed E-state index contributed by atoms with van der Waals surface area (Å²) in [6.45, 7) is 3.43. The number of hydrogen-bond acceptors (Lipinski definition) is 4. The maximum absolute atomic E-state index is 11.3. The molecule has 0 bridgehead atoms. The summed E-state index contributed by atoms with van der Waals surface area (Å²) in [6, 6.07) is 14.9. The standard InChI is InChI=1S/C18H19ClN4O2S/c19-15-6-7-16(17(12-15)23(24)25)21-8-10-22(11-9-21)18(26)20-13-14-4-2-1-3-5-14/h1-7,12H,8-11,13H2,(H,20,26). The van der Waals surface area contributed by atoms with Crippen LogP contribution in [0.25, 0.3) is 0 Å². The first-order chi connectivity index (χ1) is 12.5. The maximum Gasteiger partial charge on any atom is 0.294 e. The molecule has 2 aromatic rings. The Balaban J connectivity index is 1.57. The molecule has 136 valence electrons. The molecule has 1 heterocycles. The number of thiocarbonyl (C=S) groups is 1. The maximum atomic E-state index is 11.3. The molecule has 1 aliphatic heterocycles. The van der Waals surface area contributed by atoms with Gasteiger partial charge in [0.25, 0.3) is 5.69 Å². The zero-order valence-electron chi connectivity index (χ0n) is 14.1. The molecular weight excluding hydrogens is 372 g/mol. The van der Waals surface area contributed by atoms with Crippen molar-refractivity contribution in [3.8, 4) is 0 Å². The molecule has 1 fully saturated rings. The van der Waals surface area contributed by atoms with Gasteiger partial charge in [0.15, 0.2) is 5.11 Å². The van der Waals surface area contributed by atoms with Crippen LogP contribution in [-0.2, 0) is 6.54 Å². The Labute approximate surface area is 162 Å². The average Bonchev–Trinajstić information content (AvgIpc) is 2.67. The van der Waals surface area contributed by atoms with Crippen LogP contribution in [0, 0.1) is 10.1 Å². The summed E-state index contributed by atoms with van der Waals surface area (Å²) >= 11 is 11.4. The zero-order valence-corrected chi connectivity index (χ0v) is 15.7. The van der Waals surface area contributed by atoms with E-state index in [0.29, 0.717) is 48.5 Å². The molecule has 0 radical (unpaired) electrons. The monoisotopic (exact) mass is 390 g/mol. The second-order valence-corrected chi connectivity index (χ2v) is 6.83. The topological polar surface area (TPSA) is 61.7 Å². The average molecular weight is 391 g/mol.